The summed E-state index contributed by atoms with van der Waals surface area (Å²) in [6, 6.07) is 0. The lowest BCUT2D eigenvalue weighted by Crippen LogP contribution is -2.39. The summed E-state index contributed by atoms with van der Waals surface area (Å²) in [6.45, 7) is 7.54. The van der Waals surface area contributed by atoms with Gasteiger partial charge in [0.1, 0.15) is 0 Å². The molecule has 0 amide bonds. The van der Waals surface area contributed by atoms with Gasteiger partial charge in [0.15, 0.2) is 0 Å². The van der Waals surface area contributed by atoms with E-state index in [0.717, 1.165) is 37.6 Å². The number of morpholine rings is 1. The van der Waals surface area contributed by atoms with Crippen LogP contribution >= 0.6 is 15.9 Å². The van der Waals surface area contributed by atoms with Crippen LogP contribution in [0.5, 0.6) is 0 Å². The molecule has 0 aromatic rings. The van der Waals surface area contributed by atoms with Crippen LogP contribution in [0.15, 0.2) is 0 Å². The van der Waals surface area contributed by atoms with Crippen LogP contribution in [-0.4, -0.2) is 43.1 Å². The van der Waals surface area contributed by atoms with Crippen LogP contribution in [0.1, 0.15) is 13.3 Å². The van der Waals surface area contributed by atoms with Crippen LogP contribution in [0.4, 0.5) is 0 Å². The second-order valence-electron chi connectivity index (χ2n) is 3.34. The number of hydrogen-bond donors (Lipinski definition) is 0. The van der Waals surface area contributed by atoms with Crippen molar-refractivity contribution in [3.05, 3.63) is 0 Å². The Kier molecular flexibility index (Phi) is 5.19. The number of nitrogens with zero attached hydrogens (tertiary/aromatic N) is 1. The van der Waals surface area contributed by atoms with E-state index in [1.165, 1.54) is 13.0 Å². The van der Waals surface area contributed by atoms with E-state index in [1.807, 2.05) is 0 Å². The zero-order chi connectivity index (χ0) is 8.81. The maximum absolute atomic E-state index is 5.30. The first kappa shape index (κ1) is 10.5. The molecule has 1 aliphatic rings. The summed E-state index contributed by atoms with van der Waals surface area (Å²) in [4.78, 5) is 2.50. The van der Waals surface area contributed by atoms with Crippen LogP contribution in [0.25, 0.3) is 0 Å². The smallest absolute Gasteiger partial charge is 0.0594 e. The Bertz CT molecular complexity index is 111. The molecule has 12 heavy (non-hydrogen) atoms. The lowest BCUT2D eigenvalue weighted by atomic mass is 10.1. The minimum Gasteiger partial charge on any atom is -0.379 e. The van der Waals surface area contributed by atoms with Crippen molar-refractivity contribution in [3.63, 3.8) is 0 Å². The summed E-state index contributed by atoms with van der Waals surface area (Å²) < 4.78 is 5.30. The van der Waals surface area contributed by atoms with Gasteiger partial charge in [-0.1, -0.05) is 29.3 Å². The van der Waals surface area contributed by atoms with Gasteiger partial charge in [-0.2, -0.15) is 0 Å². The van der Waals surface area contributed by atoms with E-state index in [1.54, 1.807) is 0 Å². The molecule has 0 aromatic carbocycles. The monoisotopic (exact) mass is 235 g/mol. The molecule has 1 rings (SSSR count). The third-order valence-corrected chi connectivity index (χ3v) is 3.33. The second kappa shape index (κ2) is 5.95. The zero-order valence-corrected chi connectivity index (χ0v) is 9.35. The number of alkyl halides is 1. The van der Waals surface area contributed by atoms with Crippen molar-refractivity contribution in [3.8, 4) is 0 Å². The van der Waals surface area contributed by atoms with Gasteiger partial charge in [-0.05, 0) is 5.92 Å². The summed E-state index contributed by atoms with van der Waals surface area (Å²) >= 11 is 3.54. The molecule has 0 aliphatic carbocycles. The summed E-state index contributed by atoms with van der Waals surface area (Å²) in [6.07, 6.45) is 1.27. The highest BCUT2D eigenvalue weighted by Gasteiger charge is 2.14. The molecule has 0 N–H and O–H groups in total. The summed E-state index contributed by atoms with van der Waals surface area (Å²) in [7, 11) is 0. The normalized spacial score (nSPS) is 22.5. The maximum Gasteiger partial charge on any atom is 0.0594 e. The van der Waals surface area contributed by atoms with Crippen LogP contribution in [0.2, 0.25) is 0 Å². The van der Waals surface area contributed by atoms with Gasteiger partial charge in [-0.25, -0.2) is 0 Å². The van der Waals surface area contributed by atoms with E-state index in [2.05, 4.69) is 27.8 Å². The minimum absolute atomic E-state index is 0.808. The molecule has 0 saturated carbocycles. The first-order valence-electron chi connectivity index (χ1n) is 4.73. The summed E-state index contributed by atoms with van der Waals surface area (Å²) in [5, 5.41) is 1.13. The molecule has 3 heteroatoms. The first-order valence-corrected chi connectivity index (χ1v) is 5.85. The average Bonchev–Trinajstić information content (AvgIpc) is 2.16. The fourth-order valence-electron chi connectivity index (χ4n) is 1.44. The van der Waals surface area contributed by atoms with Gasteiger partial charge in [0, 0.05) is 25.0 Å². The molecule has 0 radical (unpaired) electrons. The predicted molar refractivity (Wildman–Crippen MR) is 54.8 cm³/mol. The van der Waals surface area contributed by atoms with E-state index < -0.39 is 0 Å². The van der Waals surface area contributed by atoms with Crippen molar-refractivity contribution in [1.82, 2.24) is 4.90 Å². The van der Waals surface area contributed by atoms with E-state index in [-0.39, 0.29) is 0 Å². The van der Waals surface area contributed by atoms with Crippen LogP contribution in [0, 0.1) is 5.92 Å². The molecule has 1 saturated heterocycles. The Labute approximate surface area is 83.4 Å². The maximum atomic E-state index is 5.30. The summed E-state index contributed by atoms with van der Waals surface area (Å²) in [5.41, 5.74) is 0. The van der Waals surface area contributed by atoms with E-state index in [0.29, 0.717) is 0 Å². The van der Waals surface area contributed by atoms with E-state index in [4.69, 9.17) is 4.74 Å². The SMILES string of the molecule is CCC(CBr)CN1CCOCC1. The predicted octanol–water partition coefficient (Wildman–Crippen LogP) is 1.74. The van der Waals surface area contributed by atoms with Gasteiger partial charge in [-0.3, -0.25) is 4.90 Å². The highest BCUT2D eigenvalue weighted by molar-refractivity contribution is 9.09. The van der Waals surface area contributed by atoms with Crippen LogP contribution in [0.3, 0.4) is 0 Å². The molecule has 1 aliphatic heterocycles. The quantitative estimate of drug-likeness (QED) is 0.689. The van der Waals surface area contributed by atoms with Gasteiger partial charge < -0.3 is 4.74 Å². The van der Waals surface area contributed by atoms with E-state index in [9.17, 15) is 0 Å². The number of hydrogen-bond acceptors (Lipinski definition) is 2. The molecular formula is C9H18BrNO. The molecule has 0 aromatic heterocycles. The molecule has 1 atom stereocenters. The average molecular weight is 236 g/mol. The number of ether oxygens (including phenoxy) is 1. The van der Waals surface area contributed by atoms with Crippen molar-refractivity contribution >= 4 is 15.9 Å². The van der Waals surface area contributed by atoms with Crippen molar-refractivity contribution in [2.24, 2.45) is 5.92 Å². The largest absolute Gasteiger partial charge is 0.379 e. The van der Waals surface area contributed by atoms with E-state index >= 15 is 0 Å². The molecule has 1 fully saturated rings. The third-order valence-electron chi connectivity index (χ3n) is 2.42. The second-order valence-corrected chi connectivity index (χ2v) is 3.99. The Hall–Kier alpha value is 0.400. The molecule has 1 unspecified atom stereocenters. The topological polar surface area (TPSA) is 12.5 Å². The van der Waals surface area contributed by atoms with Crippen molar-refractivity contribution in [2.75, 3.05) is 38.2 Å². The van der Waals surface area contributed by atoms with Crippen molar-refractivity contribution < 1.29 is 4.74 Å². The van der Waals surface area contributed by atoms with Gasteiger partial charge in [0.2, 0.25) is 0 Å². The fourth-order valence-corrected chi connectivity index (χ4v) is 2.10. The number of halogens is 1. The Morgan fingerprint density at radius 2 is 2.08 bits per heavy atom. The molecule has 1 heterocycles. The standard InChI is InChI=1S/C9H18BrNO/c1-2-9(7-10)8-11-3-5-12-6-4-11/h9H,2-8H2,1H3. The molecule has 72 valence electrons. The fraction of sp³-hybridized carbons (Fsp3) is 1.00. The Balaban J connectivity index is 2.18. The molecule has 0 spiro atoms. The Morgan fingerprint density at radius 1 is 1.42 bits per heavy atom. The minimum atomic E-state index is 0.808. The third kappa shape index (κ3) is 3.42. The number of rotatable bonds is 4. The highest BCUT2D eigenvalue weighted by atomic mass is 79.9. The van der Waals surface area contributed by atoms with Gasteiger partial charge in [0.05, 0.1) is 13.2 Å². The van der Waals surface area contributed by atoms with Gasteiger partial charge >= 0.3 is 0 Å². The molecular weight excluding hydrogens is 218 g/mol. The van der Waals surface area contributed by atoms with Crippen molar-refractivity contribution in [1.29, 1.82) is 0 Å². The first-order chi connectivity index (χ1) is 5.86. The molecule has 2 nitrogen and oxygen atoms in total. The van der Waals surface area contributed by atoms with Crippen LogP contribution in [-0.2, 0) is 4.74 Å². The van der Waals surface area contributed by atoms with Crippen molar-refractivity contribution in [2.45, 2.75) is 13.3 Å². The Morgan fingerprint density at radius 3 is 2.58 bits per heavy atom. The lowest BCUT2D eigenvalue weighted by Gasteiger charge is -2.29. The summed E-state index contributed by atoms with van der Waals surface area (Å²) in [5.74, 6) is 0.808. The van der Waals surface area contributed by atoms with Crippen LogP contribution < -0.4 is 0 Å². The molecule has 0 bridgehead atoms. The zero-order valence-electron chi connectivity index (χ0n) is 7.76. The lowest BCUT2D eigenvalue weighted by molar-refractivity contribution is 0.0319. The van der Waals surface area contributed by atoms with Gasteiger partial charge in [0.25, 0.3) is 0 Å². The highest BCUT2D eigenvalue weighted by Crippen LogP contribution is 2.09. The van der Waals surface area contributed by atoms with Gasteiger partial charge in [-0.15, -0.1) is 0 Å².